The lowest BCUT2D eigenvalue weighted by Gasteiger charge is -2.14. The fourth-order valence-corrected chi connectivity index (χ4v) is 1.42. The van der Waals surface area contributed by atoms with Crippen molar-refractivity contribution in [3.8, 4) is 0 Å². The summed E-state index contributed by atoms with van der Waals surface area (Å²) in [4.78, 5) is 0. The molecule has 0 heterocycles. The predicted octanol–water partition coefficient (Wildman–Crippen LogP) is 2.01. The van der Waals surface area contributed by atoms with Crippen LogP contribution in [0.25, 0.3) is 0 Å². The number of hydrogen-bond donors (Lipinski definition) is 2. The van der Waals surface area contributed by atoms with E-state index in [-0.39, 0.29) is 24.6 Å². The van der Waals surface area contributed by atoms with Gasteiger partial charge in [0.05, 0.1) is 6.10 Å². The first-order valence-electron chi connectivity index (χ1n) is 5.45. The van der Waals surface area contributed by atoms with Crippen LogP contribution in [0.15, 0.2) is 12.1 Å². The van der Waals surface area contributed by atoms with E-state index in [0.29, 0.717) is 0 Å². The molecule has 1 unspecified atom stereocenters. The molecule has 0 radical (unpaired) electrons. The molecule has 0 saturated carbocycles. The zero-order chi connectivity index (χ0) is 13.0. The monoisotopic (exact) mass is 247 g/mol. The maximum absolute atomic E-state index is 13.3. The zero-order valence-electron chi connectivity index (χ0n) is 9.80. The number of aliphatic hydroxyl groups excluding tert-OH is 1. The Morgan fingerprint density at radius 2 is 1.82 bits per heavy atom. The summed E-state index contributed by atoms with van der Waals surface area (Å²) in [5, 5.41) is 12.6. The van der Waals surface area contributed by atoms with Crippen LogP contribution in [0.1, 0.15) is 19.4 Å². The van der Waals surface area contributed by atoms with Crippen molar-refractivity contribution in [1.82, 2.24) is 5.32 Å². The van der Waals surface area contributed by atoms with Crippen molar-refractivity contribution in [2.24, 2.45) is 0 Å². The number of aliphatic hydroxyl groups is 1. The highest BCUT2D eigenvalue weighted by Gasteiger charge is 2.16. The SMILES string of the molecule is CC(C)NCC(O)Cc1ccc(F)c(F)c1F. The summed E-state index contributed by atoms with van der Waals surface area (Å²) in [5.41, 5.74) is -0.0260. The number of nitrogens with one attached hydrogen (secondary N) is 1. The van der Waals surface area contributed by atoms with Gasteiger partial charge in [0, 0.05) is 19.0 Å². The quantitative estimate of drug-likeness (QED) is 0.780. The van der Waals surface area contributed by atoms with Gasteiger partial charge in [0.2, 0.25) is 0 Å². The van der Waals surface area contributed by atoms with Crippen LogP contribution in [0.4, 0.5) is 13.2 Å². The molecule has 0 spiro atoms. The van der Waals surface area contributed by atoms with Crippen molar-refractivity contribution in [3.63, 3.8) is 0 Å². The molecule has 0 bridgehead atoms. The Kier molecular flexibility index (Phi) is 4.96. The Morgan fingerprint density at radius 3 is 2.41 bits per heavy atom. The molecular weight excluding hydrogens is 231 g/mol. The molecule has 96 valence electrons. The molecule has 1 aromatic rings. The average molecular weight is 247 g/mol. The number of rotatable bonds is 5. The second-order valence-electron chi connectivity index (χ2n) is 4.26. The molecule has 1 aromatic carbocycles. The Balaban J connectivity index is 2.65. The zero-order valence-corrected chi connectivity index (χ0v) is 9.80. The second kappa shape index (κ2) is 6.02. The third-order valence-corrected chi connectivity index (χ3v) is 2.33. The second-order valence-corrected chi connectivity index (χ2v) is 4.26. The van der Waals surface area contributed by atoms with Gasteiger partial charge in [-0.15, -0.1) is 0 Å². The lowest BCUT2D eigenvalue weighted by Crippen LogP contribution is -2.33. The lowest BCUT2D eigenvalue weighted by molar-refractivity contribution is 0.167. The molecule has 0 aliphatic heterocycles. The summed E-state index contributed by atoms with van der Waals surface area (Å²) in [6, 6.07) is 2.20. The van der Waals surface area contributed by atoms with Gasteiger partial charge >= 0.3 is 0 Å². The largest absolute Gasteiger partial charge is 0.391 e. The van der Waals surface area contributed by atoms with E-state index >= 15 is 0 Å². The first-order chi connectivity index (χ1) is 7.91. The van der Waals surface area contributed by atoms with Crippen molar-refractivity contribution in [2.75, 3.05) is 6.54 Å². The topological polar surface area (TPSA) is 32.3 Å². The fraction of sp³-hybridized carbons (Fsp3) is 0.500. The van der Waals surface area contributed by atoms with E-state index in [9.17, 15) is 18.3 Å². The summed E-state index contributed by atoms with van der Waals surface area (Å²) >= 11 is 0. The molecule has 0 fully saturated rings. The van der Waals surface area contributed by atoms with E-state index in [2.05, 4.69) is 5.32 Å². The number of hydrogen-bond acceptors (Lipinski definition) is 2. The van der Waals surface area contributed by atoms with Gasteiger partial charge in [-0.3, -0.25) is 0 Å². The van der Waals surface area contributed by atoms with E-state index in [4.69, 9.17) is 0 Å². The Hall–Kier alpha value is -1.07. The third kappa shape index (κ3) is 4.02. The van der Waals surface area contributed by atoms with Crippen molar-refractivity contribution in [1.29, 1.82) is 0 Å². The molecule has 0 aliphatic carbocycles. The van der Waals surface area contributed by atoms with Crippen molar-refractivity contribution >= 4 is 0 Å². The van der Waals surface area contributed by atoms with Gasteiger partial charge in [0.1, 0.15) is 0 Å². The van der Waals surface area contributed by atoms with Crippen LogP contribution < -0.4 is 5.32 Å². The standard InChI is InChI=1S/C12H16F3NO/c1-7(2)16-6-9(17)5-8-3-4-10(13)12(15)11(8)14/h3-4,7,9,16-17H,5-6H2,1-2H3. The van der Waals surface area contributed by atoms with E-state index in [1.165, 1.54) is 0 Å². The summed E-state index contributed by atoms with van der Waals surface area (Å²) in [5.74, 6) is -3.94. The van der Waals surface area contributed by atoms with Crippen molar-refractivity contribution in [2.45, 2.75) is 32.4 Å². The van der Waals surface area contributed by atoms with E-state index in [0.717, 1.165) is 12.1 Å². The minimum Gasteiger partial charge on any atom is -0.391 e. The van der Waals surface area contributed by atoms with Gasteiger partial charge in [-0.1, -0.05) is 19.9 Å². The number of halogens is 3. The highest BCUT2D eigenvalue weighted by molar-refractivity contribution is 5.21. The molecule has 0 amide bonds. The molecule has 0 aliphatic rings. The molecule has 0 saturated heterocycles. The maximum Gasteiger partial charge on any atom is 0.194 e. The Bertz CT molecular complexity index is 382. The molecule has 2 nitrogen and oxygen atoms in total. The Labute approximate surface area is 98.5 Å². The molecule has 5 heteroatoms. The van der Waals surface area contributed by atoms with E-state index < -0.39 is 23.6 Å². The van der Waals surface area contributed by atoms with Crippen LogP contribution in [-0.4, -0.2) is 23.8 Å². The molecule has 1 rings (SSSR count). The molecule has 17 heavy (non-hydrogen) atoms. The minimum atomic E-state index is -1.49. The van der Waals surface area contributed by atoms with Crippen LogP contribution in [0.2, 0.25) is 0 Å². The molecule has 0 aromatic heterocycles. The van der Waals surface area contributed by atoms with Gasteiger partial charge in [0.15, 0.2) is 17.5 Å². The van der Waals surface area contributed by atoms with Crippen molar-refractivity contribution < 1.29 is 18.3 Å². The smallest absolute Gasteiger partial charge is 0.194 e. The first-order valence-corrected chi connectivity index (χ1v) is 5.45. The van der Waals surface area contributed by atoms with Crippen LogP contribution in [0.3, 0.4) is 0 Å². The summed E-state index contributed by atoms with van der Waals surface area (Å²) < 4.78 is 38.8. The van der Waals surface area contributed by atoms with Crippen LogP contribution in [0.5, 0.6) is 0 Å². The molecule has 2 N–H and O–H groups in total. The summed E-state index contributed by atoms with van der Waals surface area (Å²) in [6.07, 6.45) is -0.889. The van der Waals surface area contributed by atoms with Gasteiger partial charge in [-0.05, 0) is 11.6 Å². The molecule has 1 atom stereocenters. The van der Waals surface area contributed by atoms with Gasteiger partial charge in [-0.2, -0.15) is 0 Å². The van der Waals surface area contributed by atoms with Crippen molar-refractivity contribution in [3.05, 3.63) is 35.1 Å². The average Bonchev–Trinajstić information content (AvgIpc) is 2.27. The van der Waals surface area contributed by atoms with Gasteiger partial charge in [0.25, 0.3) is 0 Å². The third-order valence-electron chi connectivity index (χ3n) is 2.33. The summed E-state index contributed by atoms with van der Waals surface area (Å²) in [7, 11) is 0. The van der Waals surface area contributed by atoms with Crippen LogP contribution in [-0.2, 0) is 6.42 Å². The Morgan fingerprint density at radius 1 is 1.18 bits per heavy atom. The summed E-state index contributed by atoms with van der Waals surface area (Å²) in [6.45, 7) is 4.09. The number of benzene rings is 1. The normalized spacial score (nSPS) is 13.1. The maximum atomic E-state index is 13.3. The highest BCUT2D eigenvalue weighted by Crippen LogP contribution is 2.16. The lowest BCUT2D eigenvalue weighted by atomic mass is 10.1. The highest BCUT2D eigenvalue weighted by atomic mass is 19.2. The predicted molar refractivity (Wildman–Crippen MR) is 59.2 cm³/mol. The van der Waals surface area contributed by atoms with Gasteiger partial charge < -0.3 is 10.4 Å². The molecular formula is C12H16F3NO. The van der Waals surface area contributed by atoms with Crippen LogP contribution in [0, 0.1) is 17.5 Å². The van der Waals surface area contributed by atoms with E-state index in [1.807, 2.05) is 13.8 Å². The van der Waals surface area contributed by atoms with E-state index in [1.54, 1.807) is 0 Å². The minimum absolute atomic E-state index is 0.0260. The first kappa shape index (κ1) is 14.0. The van der Waals surface area contributed by atoms with Gasteiger partial charge in [-0.25, -0.2) is 13.2 Å². The van der Waals surface area contributed by atoms with Crippen LogP contribution >= 0.6 is 0 Å². The fourth-order valence-electron chi connectivity index (χ4n) is 1.42.